The summed E-state index contributed by atoms with van der Waals surface area (Å²) in [6.07, 6.45) is 0.638. The summed E-state index contributed by atoms with van der Waals surface area (Å²) in [6, 6.07) is 8.43. The second-order valence-corrected chi connectivity index (χ2v) is 6.26. The number of carbonyl (C=O) groups is 3. The fraction of sp³-hybridized carbons (Fsp3) is 0.438. The van der Waals surface area contributed by atoms with Crippen LogP contribution in [0.3, 0.4) is 0 Å². The van der Waals surface area contributed by atoms with Crippen molar-refractivity contribution in [3.63, 3.8) is 0 Å². The van der Waals surface area contributed by atoms with Crippen molar-refractivity contribution in [3.8, 4) is 0 Å². The zero-order chi connectivity index (χ0) is 17.0. The molecule has 1 heterocycles. The summed E-state index contributed by atoms with van der Waals surface area (Å²) in [4.78, 5) is 35.8. The average Bonchev–Trinajstić information content (AvgIpc) is 2.84. The minimum absolute atomic E-state index is 0.206. The molecule has 7 heteroatoms. The third kappa shape index (κ3) is 4.00. The van der Waals surface area contributed by atoms with E-state index in [4.69, 9.17) is 0 Å². The van der Waals surface area contributed by atoms with Crippen LogP contribution in [0.15, 0.2) is 40.6 Å². The first-order chi connectivity index (χ1) is 10.8. The standard InChI is InChI=1S/C16H20N4O3/c1-11(12-7-5-4-6-8-12)9-16(2,3)13(21)17-10-20-14(22)18-19-15(20)23/h4-8,11H,9-10H2,1-3H3,(H,17,21). The van der Waals surface area contributed by atoms with Gasteiger partial charge < -0.3 is 5.32 Å². The van der Waals surface area contributed by atoms with Crippen LogP contribution in [-0.2, 0) is 4.79 Å². The zero-order valence-corrected chi connectivity index (χ0v) is 13.4. The molecule has 2 rings (SSSR count). The van der Waals surface area contributed by atoms with Crippen LogP contribution in [-0.4, -0.2) is 29.5 Å². The zero-order valence-electron chi connectivity index (χ0n) is 13.4. The quantitative estimate of drug-likeness (QED) is 0.873. The third-order valence-corrected chi connectivity index (χ3v) is 3.88. The van der Waals surface area contributed by atoms with Gasteiger partial charge in [-0.3, -0.25) is 4.79 Å². The predicted molar refractivity (Wildman–Crippen MR) is 83.8 cm³/mol. The van der Waals surface area contributed by atoms with Crippen molar-refractivity contribution in [3.05, 3.63) is 35.9 Å². The third-order valence-electron chi connectivity index (χ3n) is 3.88. The summed E-state index contributed by atoms with van der Waals surface area (Å²) >= 11 is 0. The molecule has 5 amide bonds. The Balaban J connectivity index is 1.92. The topological polar surface area (TPSA) is 91.2 Å². The molecular formula is C16H20N4O3. The van der Waals surface area contributed by atoms with Gasteiger partial charge in [-0.25, -0.2) is 14.5 Å². The first-order valence-electron chi connectivity index (χ1n) is 7.42. The fourth-order valence-electron chi connectivity index (χ4n) is 2.56. The Hall–Kier alpha value is -2.57. The van der Waals surface area contributed by atoms with E-state index in [0.29, 0.717) is 6.42 Å². The summed E-state index contributed by atoms with van der Waals surface area (Å²) in [5.74, 6) is -0.0234. The molecular weight excluding hydrogens is 296 g/mol. The molecule has 7 nitrogen and oxygen atoms in total. The Kier molecular flexibility index (Phi) is 4.88. The van der Waals surface area contributed by atoms with Crippen molar-refractivity contribution >= 4 is 18.0 Å². The first kappa shape index (κ1) is 16.8. The van der Waals surface area contributed by atoms with E-state index in [1.165, 1.54) is 0 Å². The van der Waals surface area contributed by atoms with Gasteiger partial charge in [-0.1, -0.05) is 61.3 Å². The molecule has 0 radical (unpaired) electrons. The summed E-state index contributed by atoms with van der Waals surface area (Å²) in [5.41, 5.74) is 0.519. The Morgan fingerprint density at radius 2 is 1.74 bits per heavy atom. The number of urea groups is 2. The molecule has 23 heavy (non-hydrogen) atoms. The molecule has 0 saturated carbocycles. The normalized spacial score (nSPS) is 15.9. The van der Waals surface area contributed by atoms with E-state index in [1.807, 2.05) is 44.2 Å². The molecule has 1 aromatic rings. The van der Waals surface area contributed by atoms with E-state index in [0.717, 1.165) is 10.5 Å². The molecule has 0 fully saturated rings. The monoisotopic (exact) mass is 316 g/mol. The van der Waals surface area contributed by atoms with E-state index >= 15 is 0 Å². The van der Waals surface area contributed by atoms with E-state index in [-0.39, 0.29) is 18.5 Å². The van der Waals surface area contributed by atoms with Crippen LogP contribution in [0.2, 0.25) is 0 Å². The number of rotatable bonds is 6. The van der Waals surface area contributed by atoms with Crippen LogP contribution < -0.4 is 5.32 Å². The van der Waals surface area contributed by atoms with E-state index in [9.17, 15) is 14.4 Å². The summed E-state index contributed by atoms with van der Waals surface area (Å²) < 4.78 is 0. The van der Waals surface area contributed by atoms with E-state index in [2.05, 4.69) is 22.5 Å². The largest absolute Gasteiger partial charge is 0.372 e. The lowest BCUT2D eigenvalue weighted by atomic mass is 9.80. The maximum Gasteiger partial charge on any atom is 0.372 e. The molecule has 0 spiro atoms. The molecule has 1 atom stereocenters. The fourth-order valence-corrected chi connectivity index (χ4v) is 2.56. The Morgan fingerprint density at radius 1 is 1.17 bits per heavy atom. The smallest absolute Gasteiger partial charge is 0.337 e. The highest BCUT2D eigenvalue weighted by atomic mass is 16.2. The Morgan fingerprint density at radius 3 is 2.30 bits per heavy atom. The van der Waals surface area contributed by atoms with Gasteiger partial charge in [-0.2, -0.15) is 0 Å². The number of azo groups is 1. The number of benzene rings is 1. The Bertz CT molecular complexity index is 622. The number of hydrogen-bond donors (Lipinski definition) is 1. The molecule has 1 N–H and O–H groups in total. The van der Waals surface area contributed by atoms with Gasteiger partial charge >= 0.3 is 12.1 Å². The van der Waals surface area contributed by atoms with Gasteiger partial charge in [-0.15, -0.1) is 0 Å². The maximum absolute atomic E-state index is 12.4. The van der Waals surface area contributed by atoms with Gasteiger partial charge in [0.25, 0.3) is 0 Å². The first-order valence-corrected chi connectivity index (χ1v) is 7.42. The average molecular weight is 316 g/mol. The Labute approximate surface area is 134 Å². The lowest BCUT2D eigenvalue weighted by molar-refractivity contribution is -0.130. The van der Waals surface area contributed by atoms with Crippen LogP contribution in [0.1, 0.15) is 38.7 Å². The molecule has 1 unspecified atom stereocenters. The highest BCUT2D eigenvalue weighted by Gasteiger charge is 2.32. The number of nitrogens with one attached hydrogen (secondary N) is 1. The predicted octanol–water partition coefficient (Wildman–Crippen LogP) is 3.29. The van der Waals surface area contributed by atoms with Crippen LogP contribution in [0, 0.1) is 5.41 Å². The number of nitrogens with zero attached hydrogens (tertiary/aromatic N) is 3. The second kappa shape index (κ2) is 6.68. The minimum Gasteiger partial charge on any atom is -0.337 e. The number of carbonyl (C=O) groups excluding carboxylic acids is 3. The molecule has 0 aliphatic carbocycles. The minimum atomic E-state index is -0.759. The molecule has 0 saturated heterocycles. The lowest BCUT2D eigenvalue weighted by Gasteiger charge is -2.27. The molecule has 0 bridgehead atoms. The lowest BCUT2D eigenvalue weighted by Crippen LogP contribution is -2.45. The number of hydrogen-bond acceptors (Lipinski definition) is 3. The van der Waals surface area contributed by atoms with Crippen molar-refractivity contribution in [2.75, 3.05) is 6.67 Å². The van der Waals surface area contributed by atoms with Crippen molar-refractivity contribution in [2.45, 2.75) is 33.1 Å². The SMILES string of the molecule is CC(CC(C)(C)C(=O)NCN1C(=O)N=NC1=O)c1ccccc1. The van der Waals surface area contributed by atoms with E-state index in [1.54, 1.807) is 0 Å². The van der Waals surface area contributed by atoms with Gasteiger partial charge in [0, 0.05) is 5.41 Å². The molecule has 1 aliphatic rings. The highest BCUT2D eigenvalue weighted by Crippen LogP contribution is 2.31. The van der Waals surface area contributed by atoms with Crippen molar-refractivity contribution < 1.29 is 14.4 Å². The van der Waals surface area contributed by atoms with Gasteiger partial charge in [0.2, 0.25) is 5.91 Å². The van der Waals surface area contributed by atoms with Gasteiger partial charge in [-0.05, 0) is 17.9 Å². The van der Waals surface area contributed by atoms with Gasteiger partial charge in [0.05, 0.1) is 0 Å². The van der Waals surface area contributed by atoms with E-state index < -0.39 is 17.5 Å². The van der Waals surface area contributed by atoms with Gasteiger partial charge in [0.15, 0.2) is 0 Å². The van der Waals surface area contributed by atoms with Crippen molar-refractivity contribution in [1.29, 1.82) is 0 Å². The van der Waals surface area contributed by atoms with Crippen LogP contribution in [0.5, 0.6) is 0 Å². The number of amides is 5. The molecule has 0 aromatic heterocycles. The van der Waals surface area contributed by atoms with Crippen LogP contribution in [0.25, 0.3) is 0 Å². The van der Waals surface area contributed by atoms with Crippen LogP contribution >= 0.6 is 0 Å². The molecule has 122 valence electrons. The van der Waals surface area contributed by atoms with Crippen LogP contribution in [0.4, 0.5) is 9.59 Å². The second-order valence-electron chi connectivity index (χ2n) is 6.26. The number of imide groups is 1. The summed E-state index contributed by atoms with van der Waals surface area (Å²) in [6.45, 7) is 5.52. The highest BCUT2D eigenvalue weighted by molar-refractivity contribution is 5.98. The maximum atomic E-state index is 12.4. The van der Waals surface area contributed by atoms with Crippen molar-refractivity contribution in [2.24, 2.45) is 15.6 Å². The molecule has 1 aliphatic heterocycles. The molecule has 1 aromatic carbocycles. The summed E-state index contributed by atoms with van der Waals surface area (Å²) in [7, 11) is 0. The van der Waals surface area contributed by atoms with Crippen molar-refractivity contribution in [1.82, 2.24) is 10.2 Å². The summed E-state index contributed by atoms with van der Waals surface area (Å²) in [5, 5.41) is 8.88. The van der Waals surface area contributed by atoms with Gasteiger partial charge in [0.1, 0.15) is 6.67 Å².